The van der Waals surface area contributed by atoms with E-state index >= 15 is 0 Å². The summed E-state index contributed by atoms with van der Waals surface area (Å²) in [5.74, 6) is -1.45. The molecule has 0 unspecified atom stereocenters. The Hall–Kier alpha value is -3.69. The molecule has 0 aromatic heterocycles. The third kappa shape index (κ3) is 6.45. The average molecular weight is 400 g/mol. The van der Waals surface area contributed by atoms with Gasteiger partial charge in [0.1, 0.15) is 11.9 Å². The van der Waals surface area contributed by atoms with E-state index in [1.54, 1.807) is 18.2 Å². The highest BCUT2D eigenvalue weighted by Gasteiger charge is 2.26. The molecule has 0 heterocycles. The number of alkyl carbamates (subject to hydrolysis) is 1. The summed E-state index contributed by atoms with van der Waals surface area (Å²) in [5, 5.41) is 20.2. The van der Waals surface area contributed by atoms with Crippen molar-refractivity contribution < 1.29 is 34.2 Å². The Morgan fingerprint density at radius 3 is 2.28 bits per heavy atom. The first kappa shape index (κ1) is 21.6. The van der Waals surface area contributed by atoms with Crippen molar-refractivity contribution in [3.8, 4) is 5.75 Å². The van der Waals surface area contributed by atoms with Crippen molar-refractivity contribution in [2.75, 3.05) is 7.11 Å². The van der Waals surface area contributed by atoms with Crippen LogP contribution in [0, 0.1) is 0 Å². The summed E-state index contributed by atoms with van der Waals surface area (Å²) in [6.07, 6.45) is -0.756. The molecule has 0 aliphatic heterocycles. The van der Waals surface area contributed by atoms with Crippen LogP contribution in [-0.2, 0) is 14.3 Å². The summed E-state index contributed by atoms with van der Waals surface area (Å²) in [6.45, 7) is 0. The van der Waals surface area contributed by atoms with E-state index < -0.39 is 30.1 Å². The molecule has 29 heavy (non-hydrogen) atoms. The fourth-order valence-corrected chi connectivity index (χ4v) is 2.41. The van der Waals surface area contributed by atoms with Gasteiger partial charge in [-0.05, 0) is 35.9 Å². The maximum Gasteiger partial charge on any atom is 0.414 e. The third-order valence-electron chi connectivity index (χ3n) is 3.83. The molecular formula is C20H20N2O7. The van der Waals surface area contributed by atoms with Crippen LogP contribution in [0.2, 0.25) is 0 Å². The third-order valence-corrected chi connectivity index (χ3v) is 3.83. The number of phenolic OH excluding ortho intramolecular Hbond substituents is 1. The monoisotopic (exact) mass is 400 g/mol. The number of hydrogen-bond donors (Lipinski definition) is 4. The number of carbonyl (C=O) groups excluding carboxylic acids is 3. The molecule has 9 heteroatoms. The summed E-state index contributed by atoms with van der Waals surface area (Å²) in [4.78, 5) is 35.7. The van der Waals surface area contributed by atoms with Crippen LogP contribution in [0.5, 0.6) is 5.75 Å². The van der Waals surface area contributed by atoms with Gasteiger partial charge in [-0.2, -0.15) is 0 Å². The van der Waals surface area contributed by atoms with Gasteiger partial charge in [0.05, 0.1) is 0 Å². The zero-order chi connectivity index (χ0) is 21.2. The van der Waals surface area contributed by atoms with Crippen LogP contribution in [0.1, 0.15) is 22.0 Å². The zero-order valence-electron chi connectivity index (χ0n) is 15.4. The number of aromatic hydroxyl groups is 1. The van der Waals surface area contributed by atoms with Gasteiger partial charge in [0.2, 0.25) is 0 Å². The van der Waals surface area contributed by atoms with Crippen LogP contribution in [0.4, 0.5) is 4.79 Å². The van der Waals surface area contributed by atoms with Gasteiger partial charge in [0, 0.05) is 18.7 Å². The normalized spacial score (nSPS) is 12.8. The van der Waals surface area contributed by atoms with Crippen molar-refractivity contribution in [3.63, 3.8) is 0 Å². The van der Waals surface area contributed by atoms with Crippen LogP contribution in [0.25, 0.3) is 0 Å². The number of benzene rings is 2. The first-order valence-electron chi connectivity index (χ1n) is 8.45. The Bertz CT molecular complexity index is 866. The van der Waals surface area contributed by atoms with Crippen LogP contribution < -0.4 is 10.8 Å². The molecule has 2 aromatic carbocycles. The van der Waals surface area contributed by atoms with Crippen molar-refractivity contribution >= 4 is 17.9 Å². The molecule has 152 valence electrons. The van der Waals surface area contributed by atoms with E-state index in [0.29, 0.717) is 5.56 Å². The molecule has 2 atom stereocenters. The summed E-state index contributed by atoms with van der Waals surface area (Å²) in [6, 6.07) is 13.9. The standard InChI is InChI=1S/C20H20N2O7/c1-28-16(11-12-17(24)22-27)18(13-7-9-15(23)10-8-13)29-20(26)21-19(25)14-5-3-2-4-6-14/h2-12,16,18,23,27H,1H3,(H,22,24)(H,21,25,26)/b12-11+/t16-,18-/m0/s1. The van der Waals surface area contributed by atoms with Gasteiger partial charge in [0.25, 0.3) is 11.8 Å². The van der Waals surface area contributed by atoms with Gasteiger partial charge in [0.15, 0.2) is 6.10 Å². The molecule has 0 bridgehead atoms. The Morgan fingerprint density at radius 1 is 1.03 bits per heavy atom. The average Bonchev–Trinajstić information content (AvgIpc) is 2.74. The molecule has 0 spiro atoms. The first-order valence-corrected chi connectivity index (χ1v) is 8.45. The fraction of sp³-hybridized carbons (Fsp3) is 0.150. The Morgan fingerprint density at radius 2 is 1.69 bits per heavy atom. The number of phenols is 1. The SMILES string of the molecule is CO[C@@H](/C=C/C(=O)NO)[C@@H](OC(=O)NC(=O)c1ccccc1)c1ccc(O)cc1. The smallest absolute Gasteiger partial charge is 0.414 e. The maximum absolute atomic E-state index is 12.3. The molecule has 3 amide bonds. The van der Waals surface area contributed by atoms with Gasteiger partial charge in [-0.1, -0.05) is 30.3 Å². The van der Waals surface area contributed by atoms with Gasteiger partial charge in [-0.3, -0.25) is 20.1 Å². The summed E-state index contributed by atoms with van der Waals surface area (Å²) in [5.41, 5.74) is 2.14. The molecule has 0 radical (unpaired) electrons. The molecule has 0 fully saturated rings. The highest BCUT2D eigenvalue weighted by atomic mass is 16.6. The van der Waals surface area contributed by atoms with Crippen LogP contribution in [0.3, 0.4) is 0 Å². The van der Waals surface area contributed by atoms with E-state index in [4.69, 9.17) is 14.7 Å². The topological polar surface area (TPSA) is 134 Å². The maximum atomic E-state index is 12.3. The van der Waals surface area contributed by atoms with E-state index in [9.17, 15) is 19.5 Å². The molecule has 4 N–H and O–H groups in total. The van der Waals surface area contributed by atoms with E-state index in [1.807, 2.05) is 0 Å². The molecule has 0 aliphatic carbocycles. The van der Waals surface area contributed by atoms with Gasteiger partial charge < -0.3 is 14.6 Å². The van der Waals surface area contributed by atoms with E-state index in [2.05, 4.69) is 5.32 Å². The number of hydrogen-bond acceptors (Lipinski definition) is 7. The van der Waals surface area contributed by atoms with Crippen LogP contribution >= 0.6 is 0 Å². The molecule has 0 saturated heterocycles. The molecule has 2 rings (SSSR count). The Balaban J connectivity index is 2.21. The minimum Gasteiger partial charge on any atom is -0.508 e. The lowest BCUT2D eigenvalue weighted by Crippen LogP contribution is -2.34. The largest absolute Gasteiger partial charge is 0.508 e. The summed E-state index contributed by atoms with van der Waals surface area (Å²) in [7, 11) is 1.33. The highest BCUT2D eigenvalue weighted by Crippen LogP contribution is 2.26. The molecule has 9 nitrogen and oxygen atoms in total. The number of imide groups is 1. The van der Waals surface area contributed by atoms with Gasteiger partial charge in [-0.15, -0.1) is 0 Å². The van der Waals surface area contributed by atoms with Gasteiger partial charge in [-0.25, -0.2) is 10.3 Å². The predicted octanol–water partition coefficient (Wildman–Crippen LogP) is 2.08. The molecule has 2 aromatic rings. The van der Waals surface area contributed by atoms with Crippen molar-refractivity contribution in [1.82, 2.24) is 10.8 Å². The van der Waals surface area contributed by atoms with Crippen molar-refractivity contribution in [3.05, 3.63) is 77.9 Å². The number of carbonyl (C=O) groups is 3. The number of hydroxylamine groups is 1. The van der Waals surface area contributed by atoms with Crippen LogP contribution in [-0.4, -0.2) is 41.4 Å². The van der Waals surface area contributed by atoms with Crippen molar-refractivity contribution in [2.45, 2.75) is 12.2 Å². The summed E-state index contributed by atoms with van der Waals surface area (Å²) >= 11 is 0. The zero-order valence-corrected chi connectivity index (χ0v) is 15.4. The molecular weight excluding hydrogens is 380 g/mol. The highest BCUT2D eigenvalue weighted by molar-refractivity contribution is 6.02. The Labute approximate surface area is 166 Å². The number of amides is 3. The minimum absolute atomic E-state index is 0.000346. The lowest BCUT2D eigenvalue weighted by Gasteiger charge is -2.24. The lowest BCUT2D eigenvalue weighted by atomic mass is 10.0. The minimum atomic E-state index is -1.06. The van der Waals surface area contributed by atoms with Crippen molar-refractivity contribution in [2.24, 2.45) is 0 Å². The number of ether oxygens (including phenoxy) is 2. The molecule has 0 saturated carbocycles. The quantitative estimate of drug-likeness (QED) is 0.317. The second-order valence-corrected chi connectivity index (χ2v) is 5.77. The van der Waals surface area contributed by atoms with Crippen molar-refractivity contribution in [1.29, 1.82) is 0 Å². The van der Waals surface area contributed by atoms with E-state index in [1.165, 1.54) is 55.1 Å². The lowest BCUT2D eigenvalue weighted by molar-refractivity contribution is -0.124. The van der Waals surface area contributed by atoms with Crippen LogP contribution in [0.15, 0.2) is 66.7 Å². The second-order valence-electron chi connectivity index (χ2n) is 5.77. The van der Waals surface area contributed by atoms with E-state index in [-0.39, 0.29) is 11.3 Å². The first-order chi connectivity index (χ1) is 13.9. The Kier molecular flexibility index (Phi) is 7.89. The summed E-state index contributed by atoms with van der Waals surface area (Å²) < 4.78 is 10.6. The number of methoxy groups -OCH3 is 1. The van der Waals surface area contributed by atoms with E-state index in [0.717, 1.165) is 6.08 Å². The fourth-order valence-electron chi connectivity index (χ4n) is 2.41. The molecule has 0 aliphatic rings. The predicted molar refractivity (Wildman–Crippen MR) is 101 cm³/mol. The number of nitrogens with one attached hydrogen (secondary N) is 2. The number of rotatable bonds is 7. The second kappa shape index (κ2) is 10.6. The van der Waals surface area contributed by atoms with Gasteiger partial charge >= 0.3 is 6.09 Å².